The lowest BCUT2D eigenvalue weighted by Crippen LogP contribution is -2.30. The zero-order chi connectivity index (χ0) is 15.2. The normalized spacial score (nSPS) is 12.9. The third-order valence-corrected chi connectivity index (χ3v) is 2.87. The molecule has 106 valence electrons. The molecule has 0 spiro atoms. The Bertz CT molecular complexity index is 536. The molecule has 0 N–H and O–H groups in total. The van der Waals surface area contributed by atoms with E-state index in [1.807, 2.05) is 20.8 Å². The zero-order valence-electron chi connectivity index (χ0n) is 12.1. The maximum absolute atomic E-state index is 10.6. The molecular formula is C16H19NO3. The maximum Gasteiger partial charge on any atom is 0.269 e. The van der Waals surface area contributed by atoms with Gasteiger partial charge >= 0.3 is 0 Å². The summed E-state index contributed by atoms with van der Waals surface area (Å²) >= 11 is 0. The topological polar surface area (TPSA) is 52.4 Å². The molecule has 0 bridgehead atoms. The van der Waals surface area contributed by atoms with Crippen molar-refractivity contribution in [2.24, 2.45) is 0 Å². The summed E-state index contributed by atoms with van der Waals surface area (Å²) in [7, 11) is 0. The minimum atomic E-state index is -0.720. The number of nitrogens with zero attached hydrogens (tertiary/aromatic N) is 1. The molecule has 1 rings (SSSR count). The molecule has 0 saturated heterocycles. The molecule has 1 atom stereocenters. The molecule has 0 saturated carbocycles. The minimum Gasteiger partial charge on any atom is -0.475 e. The number of allylic oxidation sites excluding steroid dienone is 2. The fourth-order valence-electron chi connectivity index (χ4n) is 1.68. The fraction of sp³-hybridized carbons (Fsp3) is 0.375. The van der Waals surface area contributed by atoms with Gasteiger partial charge in [-0.25, -0.2) is 0 Å². The lowest BCUT2D eigenvalue weighted by molar-refractivity contribution is -0.384. The number of benzene rings is 1. The highest BCUT2D eigenvalue weighted by Gasteiger charge is 2.22. The van der Waals surface area contributed by atoms with E-state index in [9.17, 15) is 10.1 Å². The Morgan fingerprint density at radius 2 is 2.05 bits per heavy atom. The van der Waals surface area contributed by atoms with Crippen molar-refractivity contribution < 1.29 is 9.66 Å². The summed E-state index contributed by atoms with van der Waals surface area (Å²) in [5.74, 6) is 3.19. The molecule has 1 unspecified atom stereocenters. The summed E-state index contributed by atoms with van der Waals surface area (Å²) < 4.78 is 5.78. The monoisotopic (exact) mass is 273 g/mol. The first-order valence-electron chi connectivity index (χ1n) is 6.41. The maximum atomic E-state index is 10.6. The van der Waals surface area contributed by atoms with E-state index in [-0.39, 0.29) is 5.69 Å². The van der Waals surface area contributed by atoms with E-state index in [1.54, 1.807) is 12.1 Å². The van der Waals surface area contributed by atoms with Crippen molar-refractivity contribution in [1.29, 1.82) is 0 Å². The van der Waals surface area contributed by atoms with Gasteiger partial charge in [-0.1, -0.05) is 17.6 Å². The number of nitro groups is 1. The van der Waals surface area contributed by atoms with Crippen LogP contribution >= 0.6 is 0 Å². The Balaban J connectivity index is 2.74. The summed E-state index contributed by atoms with van der Waals surface area (Å²) in [6.07, 6.45) is 9.17. The van der Waals surface area contributed by atoms with Crippen LogP contribution in [0, 0.1) is 22.5 Å². The van der Waals surface area contributed by atoms with Crippen LogP contribution in [0.1, 0.15) is 33.6 Å². The summed E-state index contributed by atoms with van der Waals surface area (Å²) in [4.78, 5) is 10.1. The number of ether oxygens (including phenoxy) is 1. The highest BCUT2D eigenvalue weighted by molar-refractivity contribution is 5.36. The summed E-state index contributed by atoms with van der Waals surface area (Å²) in [5.41, 5.74) is 0.547. The number of rotatable bonds is 6. The number of hydrogen-bond acceptors (Lipinski definition) is 3. The van der Waals surface area contributed by atoms with Gasteiger partial charge < -0.3 is 4.74 Å². The second-order valence-corrected chi connectivity index (χ2v) is 5.05. The van der Waals surface area contributed by atoms with Gasteiger partial charge in [0.15, 0.2) is 5.60 Å². The molecule has 4 nitrogen and oxygen atoms in total. The number of non-ortho nitro benzene ring substituents is 1. The molecule has 0 fully saturated rings. The Labute approximate surface area is 119 Å². The van der Waals surface area contributed by atoms with Crippen molar-refractivity contribution in [3.05, 3.63) is 46.0 Å². The first kappa shape index (κ1) is 15.8. The average Bonchev–Trinajstić information content (AvgIpc) is 2.39. The van der Waals surface area contributed by atoms with Crippen molar-refractivity contribution in [1.82, 2.24) is 0 Å². The molecular weight excluding hydrogens is 254 g/mol. The third-order valence-electron chi connectivity index (χ3n) is 2.87. The van der Waals surface area contributed by atoms with Crippen LogP contribution in [-0.4, -0.2) is 10.5 Å². The lowest BCUT2D eigenvalue weighted by Gasteiger charge is -2.25. The second kappa shape index (κ2) is 6.76. The van der Waals surface area contributed by atoms with E-state index in [1.165, 1.54) is 17.7 Å². The van der Waals surface area contributed by atoms with Gasteiger partial charge in [-0.3, -0.25) is 10.1 Å². The van der Waals surface area contributed by atoms with E-state index in [2.05, 4.69) is 12.0 Å². The highest BCUT2D eigenvalue weighted by atomic mass is 16.6. The van der Waals surface area contributed by atoms with Crippen LogP contribution in [0.3, 0.4) is 0 Å². The molecule has 0 heterocycles. The van der Waals surface area contributed by atoms with Crippen LogP contribution in [0.4, 0.5) is 5.69 Å². The van der Waals surface area contributed by atoms with Crippen molar-refractivity contribution in [2.45, 2.75) is 39.2 Å². The molecule has 0 radical (unpaired) electrons. The predicted octanol–water partition coefficient (Wildman–Crippen LogP) is 4.11. The molecule has 0 aromatic heterocycles. The van der Waals surface area contributed by atoms with E-state index in [0.29, 0.717) is 12.2 Å². The largest absolute Gasteiger partial charge is 0.475 e. The van der Waals surface area contributed by atoms with Crippen LogP contribution in [-0.2, 0) is 0 Å². The highest BCUT2D eigenvalue weighted by Crippen LogP contribution is 2.24. The van der Waals surface area contributed by atoms with Crippen LogP contribution < -0.4 is 4.74 Å². The molecule has 1 aromatic rings. The van der Waals surface area contributed by atoms with Gasteiger partial charge in [0.25, 0.3) is 5.69 Å². The predicted molar refractivity (Wildman–Crippen MR) is 79.6 cm³/mol. The second-order valence-electron chi connectivity index (χ2n) is 5.05. The van der Waals surface area contributed by atoms with Gasteiger partial charge in [0.05, 0.1) is 4.92 Å². The number of terminal acetylenes is 1. The minimum absolute atomic E-state index is 0.0318. The number of nitro benzene ring substituents is 1. The first-order valence-corrected chi connectivity index (χ1v) is 6.41. The molecule has 0 amide bonds. The quantitative estimate of drug-likeness (QED) is 0.339. The van der Waals surface area contributed by atoms with Crippen molar-refractivity contribution in [2.75, 3.05) is 0 Å². The molecule has 20 heavy (non-hydrogen) atoms. The molecule has 0 aliphatic rings. The third kappa shape index (κ3) is 4.77. The molecule has 4 heteroatoms. The van der Waals surface area contributed by atoms with Gasteiger partial charge in [0.1, 0.15) is 5.75 Å². The number of hydrogen-bond donors (Lipinski definition) is 0. The van der Waals surface area contributed by atoms with Crippen LogP contribution in [0.25, 0.3) is 0 Å². The van der Waals surface area contributed by atoms with E-state index < -0.39 is 10.5 Å². The van der Waals surface area contributed by atoms with E-state index >= 15 is 0 Å². The van der Waals surface area contributed by atoms with Gasteiger partial charge in [0, 0.05) is 18.6 Å². The lowest BCUT2D eigenvalue weighted by atomic mass is 10.00. The standard InChI is InChI=1S/C16H19NO3/c1-5-16(4,12-6-7-13(2)3)20-15-10-8-14(9-11-15)17(18)19/h1,7-11H,6,12H2,2-4H3. The molecule has 0 aliphatic carbocycles. The summed E-state index contributed by atoms with van der Waals surface area (Å²) in [6.45, 7) is 5.90. The SMILES string of the molecule is C#CC(C)(CCC=C(C)C)Oc1ccc([N+](=O)[O-])cc1. The average molecular weight is 273 g/mol. The molecule has 0 aliphatic heterocycles. The van der Waals surface area contributed by atoms with Crippen molar-refractivity contribution in [3.63, 3.8) is 0 Å². The molecule has 1 aromatic carbocycles. The first-order chi connectivity index (χ1) is 9.36. The Morgan fingerprint density at radius 1 is 1.45 bits per heavy atom. The smallest absolute Gasteiger partial charge is 0.269 e. The Morgan fingerprint density at radius 3 is 2.50 bits per heavy atom. The van der Waals surface area contributed by atoms with Gasteiger partial charge in [0.2, 0.25) is 0 Å². The van der Waals surface area contributed by atoms with Gasteiger partial charge in [-0.2, -0.15) is 0 Å². The van der Waals surface area contributed by atoms with Crippen LogP contribution in [0.5, 0.6) is 5.75 Å². The Hall–Kier alpha value is -2.28. The van der Waals surface area contributed by atoms with E-state index in [4.69, 9.17) is 11.2 Å². The van der Waals surface area contributed by atoms with Crippen LogP contribution in [0.2, 0.25) is 0 Å². The van der Waals surface area contributed by atoms with Gasteiger partial charge in [-0.05, 0) is 39.3 Å². The van der Waals surface area contributed by atoms with Gasteiger partial charge in [-0.15, -0.1) is 6.42 Å². The zero-order valence-corrected chi connectivity index (χ0v) is 12.1. The Kier molecular flexibility index (Phi) is 5.33. The summed E-state index contributed by atoms with van der Waals surface area (Å²) in [6, 6.07) is 5.94. The van der Waals surface area contributed by atoms with Crippen LogP contribution in [0.15, 0.2) is 35.9 Å². The van der Waals surface area contributed by atoms with E-state index in [0.717, 1.165) is 6.42 Å². The van der Waals surface area contributed by atoms with Crippen molar-refractivity contribution >= 4 is 5.69 Å². The fourth-order valence-corrected chi connectivity index (χ4v) is 1.68. The summed E-state index contributed by atoms with van der Waals surface area (Å²) in [5, 5.41) is 10.6. The van der Waals surface area contributed by atoms with Crippen molar-refractivity contribution in [3.8, 4) is 18.1 Å².